The summed E-state index contributed by atoms with van der Waals surface area (Å²) in [5.41, 5.74) is 1.75. The lowest BCUT2D eigenvalue weighted by atomic mass is 10.1. The Balaban J connectivity index is 2.03. The molecule has 0 aliphatic carbocycles. The fraction of sp³-hybridized carbons (Fsp3) is 0.533. The fourth-order valence-electron chi connectivity index (χ4n) is 2.82. The molecule has 0 bridgehead atoms. The molecule has 0 amide bonds. The largest absolute Gasteiger partial charge is 0.490 e. The van der Waals surface area contributed by atoms with Crippen LogP contribution in [0.2, 0.25) is 0 Å². The van der Waals surface area contributed by atoms with Crippen LogP contribution in [0.4, 0.5) is 11.4 Å². The number of benzene rings is 1. The van der Waals surface area contributed by atoms with Crippen LogP contribution in [-0.4, -0.2) is 55.6 Å². The van der Waals surface area contributed by atoms with Gasteiger partial charge >= 0.3 is 11.7 Å². The maximum Gasteiger partial charge on any atom is 0.318 e. The molecular formula is C15H21N3O5S. The molecule has 0 aromatic heterocycles. The minimum absolute atomic E-state index is 0.0253. The molecule has 2 rings (SSSR count). The summed E-state index contributed by atoms with van der Waals surface area (Å²) in [4.78, 5) is 26.1. The third-order valence-electron chi connectivity index (χ3n) is 4.14. The smallest absolute Gasteiger partial charge is 0.318 e. The molecule has 0 saturated carbocycles. The first-order chi connectivity index (χ1) is 11.5. The highest BCUT2D eigenvalue weighted by Gasteiger charge is 2.23. The predicted octanol–water partition coefficient (Wildman–Crippen LogP) is 1.81. The molecule has 1 aromatic carbocycles. The SMILES string of the molecule is COc1cc(N2CCN(CCC(=O)OS)CC2)c(C)cc1[N+](=O)[O-]. The van der Waals surface area contributed by atoms with Crippen LogP contribution in [0, 0.1) is 17.0 Å². The number of hydrogen-bond donors (Lipinski definition) is 1. The van der Waals surface area contributed by atoms with Crippen molar-refractivity contribution in [3.63, 3.8) is 0 Å². The summed E-state index contributed by atoms with van der Waals surface area (Å²) in [5, 5.41) is 11.1. The van der Waals surface area contributed by atoms with E-state index in [0.717, 1.165) is 37.4 Å². The van der Waals surface area contributed by atoms with Crippen molar-refractivity contribution in [2.24, 2.45) is 0 Å². The molecule has 24 heavy (non-hydrogen) atoms. The Morgan fingerprint density at radius 2 is 2.00 bits per heavy atom. The first kappa shape index (κ1) is 18.3. The summed E-state index contributed by atoms with van der Waals surface area (Å²) >= 11 is 3.49. The Hall–Kier alpha value is -2.00. The van der Waals surface area contributed by atoms with Gasteiger partial charge in [-0.15, -0.1) is 0 Å². The standard InChI is InChI=1S/C15H21N3O5S/c1-11-9-13(18(20)21)14(22-2)10-12(11)17-7-5-16(6-8-17)4-3-15(19)23-24/h9-10,24H,3-8H2,1-2H3. The van der Waals surface area contributed by atoms with Gasteiger partial charge in [-0.05, 0) is 12.5 Å². The summed E-state index contributed by atoms with van der Waals surface area (Å²) in [5.74, 6) is -0.0729. The van der Waals surface area contributed by atoms with Gasteiger partial charge in [-0.1, -0.05) is 0 Å². The second-order valence-electron chi connectivity index (χ2n) is 5.61. The van der Waals surface area contributed by atoms with Crippen molar-refractivity contribution >= 4 is 30.3 Å². The topological polar surface area (TPSA) is 85.2 Å². The second kappa shape index (κ2) is 8.20. The van der Waals surface area contributed by atoms with E-state index in [0.29, 0.717) is 13.0 Å². The molecule has 0 atom stereocenters. The molecule has 1 fully saturated rings. The van der Waals surface area contributed by atoms with Crippen LogP contribution < -0.4 is 9.64 Å². The normalized spacial score (nSPS) is 15.2. The number of hydrogen-bond acceptors (Lipinski definition) is 8. The minimum Gasteiger partial charge on any atom is -0.490 e. The second-order valence-corrected chi connectivity index (χ2v) is 5.79. The van der Waals surface area contributed by atoms with Gasteiger partial charge in [0.25, 0.3) is 0 Å². The summed E-state index contributed by atoms with van der Waals surface area (Å²) < 4.78 is 9.51. The van der Waals surface area contributed by atoms with Gasteiger partial charge in [-0.25, -0.2) is 0 Å². The van der Waals surface area contributed by atoms with E-state index < -0.39 is 4.92 Å². The molecule has 0 spiro atoms. The number of methoxy groups -OCH3 is 1. The molecule has 8 nitrogen and oxygen atoms in total. The maximum atomic E-state index is 11.1. The molecule has 1 aromatic rings. The summed E-state index contributed by atoms with van der Waals surface area (Å²) in [6, 6.07) is 3.27. The Morgan fingerprint density at radius 1 is 1.33 bits per heavy atom. The van der Waals surface area contributed by atoms with Gasteiger partial charge in [0, 0.05) is 63.5 Å². The Bertz CT molecular complexity index is 617. The number of aryl methyl sites for hydroxylation is 1. The van der Waals surface area contributed by atoms with Crippen LogP contribution >= 0.6 is 12.9 Å². The lowest BCUT2D eigenvalue weighted by Gasteiger charge is -2.36. The van der Waals surface area contributed by atoms with Crippen LogP contribution in [-0.2, 0) is 8.98 Å². The fourth-order valence-corrected chi connectivity index (χ4v) is 2.91. The average molecular weight is 355 g/mol. The molecule has 1 aliphatic heterocycles. The molecule has 0 radical (unpaired) electrons. The highest BCUT2D eigenvalue weighted by Crippen LogP contribution is 2.34. The van der Waals surface area contributed by atoms with E-state index in [1.807, 2.05) is 6.92 Å². The number of ether oxygens (including phenoxy) is 1. The van der Waals surface area contributed by atoms with Crippen molar-refractivity contribution < 1.29 is 18.6 Å². The average Bonchev–Trinajstić information content (AvgIpc) is 2.59. The zero-order chi connectivity index (χ0) is 17.7. The quantitative estimate of drug-likeness (QED) is 0.360. The Labute approximate surface area is 146 Å². The predicted molar refractivity (Wildman–Crippen MR) is 92.7 cm³/mol. The van der Waals surface area contributed by atoms with Crippen molar-refractivity contribution in [1.82, 2.24) is 4.90 Å². The van der Waals surface area contributed by atoms with Crippen LogP contribution in [0.5, 0.6) is 5.75 Å². The van der Waals surface area contributed by atoms with Crippen LogP contribution in [0.3, 0.4) is 0 Å². The van der Waals surface area contributed by atoms with Crippen LogP contribution in [0.1, 0.15) is 12.0 Å². The first-order valence-corrected chi connectivity index (χ1v) is 7.97. The number of thiol groups is 1. The number of rotatable bonds is 6. The first-order valence-electron chi connectivity index (χ1n) is 7.60. The van der Waals surface area contributed by atoms with E-state index in [-0.39, 0.29) is 17.4 Å². The van der Waals surface area contributed by atoms with Gasteiger partial charge < -0.3 is 13.8 Å². The van der Waals surface area contributed by atoms with Crippen molar-refractivity contribution in [1.29, 1.82) is 0 Å². The van der Waals surface area contributed by atoms with E-state index in [1.54, 1.807) is 12.1 Å². The molecule has 1 heterocycles. The van der Waals surface area contributed by atoms with Gasteiger partial charge in [0.1, 0.15) is 0 Å². The lowest BCUT2D eigenvalue weighted by Crippen LogP contribution is -2.47. The number of carbonyl (C=O) groups is 1. The van der Waals surface area contributed by atoms with Crippen molar-refractivity contribution in [3.05, 3.63) is 27.8 Å². The van der Waals surface area contributed by atoms with Gasteiger partial charge in [0.2, 0.25) is 0 Å². The molecule has 0 N–H and O–H groups in total. The number of nitro groups is 1. The van der Waals surface area contributed by atoms with Crippen LogP contribution in [0.25, 0.3) is 0 Å². The summed E-state index contributed by atoms with van der Waals surface area (Å²) in [6.07, 6.45) is 0.313. The molecule has 0 unspecified atom stereocenters. The van der Waals surface area contributed by atoms with Gasteiger partial charge in [-0.2, -0.15) is 0 Å². The van der Waals surface area contributed by atoms with Gasteiger partial charge in [0.15, 0.2) is 5.75 Å². The van der Waals surface area contributed by atoms with E-state index >= 15 is 0 Å². The summed E-state index contributed by atoms with van der Waals surface area (Å²) in [7, 11) is 1.43. The number of carbonyl (C=O) groups excluding carboxylic acids is 1. The Kier molecular flexibility index (Phi) is 6.27. The van der Waals surface area contributed by atoms with E-state index in [1.165, 1.54) is 7.11 Å². The number of anilines is 1. The van der Waals surface area contributed by atoms with Gasteiger partial charge in [0.05, 0.1) is 18.5 Å². The Morgan fingerprint density at radius 3 is 2.54 bits per heavy atom. The van der Waals surface area contributed by atoms with Crippen molar-refractivity contribution in [2.45, 2.75) is 13.3 Å². The zero-order valence-electron chi connectivity index (χ0n) is 13.7. The third-order valence-corrected chi connectivity index (χ3v) is 4.34. The van der Waals surface area contributed by atoms with E-state index in [9.17, 15) is 14.9 Å². The van der Waals surface area contributed by atoms with E-state index in [4.69, 9.17) is 4.74 Å². The monoisotopic (exact) mass is 355 g/mol. The molecule has 9 heteroatoms. The third kappa shape index (κ3) is 4.30. The van der Waals surface area contributed by atoms with E-state index in [2.05, 4.69) is 26.9 Å². The molecule has 1 aliphatic rings. The zero-order valence-corrected chi connectivity index (χ0v) is 14.6. The number of piperazine rings is 1. The molecule has 1 saturated heterocycles. The highest BCUT2D eigenvalue weighted by atomic mass is 32.1. The molecule has 132 valence electrons. The summed E-state index contributed by atoms with van der Waals surface area (Å²) in [6.45, 7) is 5.65. The lowest BCUT2D eigenvalue weighted by molar-refractivity contribution is -0.385. The minimum atomic E-state index is -0.436. The van der Waals surface area contributed by atoms with Gasteiger partial charge in [-0.3, -0.25) is 19.8 Å². The van der Waals surface area contributed by atoms with Crippen molar-refractivity contribution in [3.8, 4) is 5.75 Å². The number of nitro benzene ring substituents is 1. The van der Waals surface area contributed by atoms with Crippen LogP contribution in [0.15, 0.2) is 12.1 Å². The number of nitrogens with zero attached hydrogens (tertiary/aromatic N) is 3. The van der Waals surface area contributed by atoms with Crippen molar-refractivity contribution in [2.75, 3.05) is 44.7 Å². The highest BCUT2D eigenvalue weighted by molar-refractivity contribution is 7.75. The maximum absolute atomic E-state index is 11.1. The molecular weight excluding hydrogens is 334 g/mol.